The molecular weight excluding hydrogens is 466 g/mol. The first-order chi connectivity index (χ1) is 17.7. The first-order valence-corrected chi connectivity index (χ1v) is 13.1. The minimum Gasteiger partial charge on any atom is -0.353 e. The highest BCUT2D eigenvalue weighted by atomic mass is 32.1. The highest BCUT2D eigenvalue weighted by Gasteiger charge is 2.17. The molecule has 1 fully saturated rings. The zero-order valence-electron chi connectivity index (χ0n) is 20.0. The number of pyridine rings is 3. The van der Waals surface area contributed by atoms with Crippen molar-refractivity contribution in [2.45, 2.75) is 26.3 Å². The van der Waals surface area contributed by atoms with Gasteiger partial charge in [-0.1, -0.05) is 0 Å². The van der Waals surface area contributed by atoms with Crippen molar-refractivity contribution in [3.8, 4) is 33.2 Å². The topological polar surface area (TPSA) is 86.4 Å². The van der Waals surface area contributed by atoms with Gasteiger partial charge in [-0.05, 0) is 80.9 Å². The van der Waals surface area contributed by atoms with Crippen LogP contribution in [0.15, 0.2) is 61.1 Å². The maximum atomic E-state index is 5.03. The number of nitrogens with zero attached hydrogens (tertiary/aromatic N) is 5. The van der Waals surface area contributed by atoms with Gasteiger partial charge in [0.2, 0.25) is 0 Å². The molecule has 0 aromatic carbocycles. The summed E-state index contributed by atoms with van der Waals surface area (Å²) in [4.78, 5) is 22.7. The van der Waals surface area contributed by atoms with E-state index in [9.17, 15) is 0 Å². The first-order valence-electron chi connectivity index (χ1n) is 12.3. The molecule has 0 spiro atoms. The molecule has 0 radical (unpaired) electrons. The Balaban J connectivity index is 1.28. The molecule has 1 aliphatic rings. The molecule has 6 aromatic heterocycles. The average molecular weight is 492 g/mol. The number of hydrogen-bond acceptors (Lipinski definition) is 6. The number of aromatic amines is 2. The molecule has 2 N–H and O–H groups in total. The number of nitrogens with one attached hydrogen (secondary N) is 2. The van der Waals surface area contributed by atoms with Crippen LogP contribution in [0.1, 0.15) is 23.3 Å². The standard InChI is InChI=1S/C28H25N7S/c1-17-4-7-25(36-17)26-20-13-24(31-22(20)8-9-30-26)28-27-23(33-34-28)6-5-21(32-27)19-12-18(14-29-15-19)16-35-10-2-3-11-35/h4-9,12-15,31H,2-3,10-11,16H2,1H3,(H,33,34). The van der Waals surface area contributed by atoms with E-state index in [4.69, 9.17) is 4.98 Å². The quantitative estimate of drug-likeness (QED) is 0.300. The largest absolute Gasteiger partial charge is 0.353 e. The van der Waals surface area contributed by atoms with Crippen LogP contribution in [0.3, 0.4) is 0 Å². The number of aromatic nitrogens is 6. The fourth-order valence-corrected chi connectivity index (χ4v) is 5.98. The molecule has 1 aliphatic heterocycles. The van der Waals surface area contributed by atoms with E-state index < -0.39 is 0 Å². The molecule has 8 heteroatoms. The highest BCUT2D eigenvalue weighted by Crippen LogP contribution is 2.35. The summed E-state index contributed by atoms with van der Waals surface area (Å²) in [5.74, 6) is 0. The second kappa shape index (κ2) is 8.65. The Hall–Kier alpha value is -3.88. The molecule has 0 atom stereocenters. The third-order valence-corrected chi connectivity index (χ3v) is 7.89. The molecular formula is C28H25N7S. The molecule has 0 saturated carbocycles. The summed E-state index contributed by atoms with van der Waals surface area (Å²) >= 11 is 1.76. The van der Waals surface area contributed by atoms with Gasteiger partial charge in [0.1, 0.15) is 11.2 Å². The number of rotatable bonds is 5. The van der Waals surface area contributed by atoms with Crippen LogP contribution in [0.2, 0.25) is 0 Å². The lowest BCUT2D eigenvalue weighted by Crippen LogP contribution is -2.18. The van der Waals surface area contributed by atoms with Gasteiger partial charge in [0.25, 0.3) is 0 Å². The van der Waals surface area contributed by atoms with Gasteiger partial charge in [-0.15, -0.1) is 11.3 Å². The number of aryl methyl sites for hydroxylation is 1. The predicted octanol–water partition coefficient (Wildman–Crippen LogP) is 6.20. The maximum Gasteiger partial charge on any atom is 0.135 e. The Labute approximate surface area is 212 Å². The number of likely N-dealkylation sites (tertiary alicyclic amines) is 1. The summed E-state index contributed by atoms with van der Waals surface area (Å²) in [5.41, 5.74) is 8.64. The molecule has 0 amide bonds. The van der Waals surface area contributed by atoms with Crippen molar-refractivity contribution in [2.75, 3.05) is 13.1 Å². The summed E-state index contributed by atoms with van der Waals surface area (Å²) in [5, 5.41) is 8.86. The van der Waals surface area contributed by atoms with E-state index in [1.165, 1.54) is 36.4 Å². The van der Waals surface area contributed by atoms with E-state index in [1.807, 2.05) is 36.8 Å². The zero-order valence-corrected chi connectivity index (χ0v) is 20.8. The van der Waals surface area contributed by atoms with Crippen molar-refractivity contribution in [1.82, 2.24) is 35.0 Å². The average Bonchev–Trinajstić information content (AvgIpc) is 3.70. The lowest BCUT2D eigenvalue weighted by molar-refractivity contribution is 0.331. The van der Waals surface area contributed by atoms with Crippen molar-refractivity contribution >= 4 is 33.3 Å². The minimum absolute atomic E-state index is 0.803. The van der Waals surface area contributed by atoms with Crippen LogP contribution in [0.25, 0.3) is 55.2 Å². The molecule has 0 aliphatic carbocycles. The maximum absolute atomic E-state index is 5.03. The van der Waals surface area contributed by atoms with E-state index in [2.05, 4.69) is 61.2 Å². The second-order valence-corrected chi connectivity index (χ2v) is 10.7. The van der Waals surface area contributed by atoms with Gasteiger partial charge in [0.15, 0.2) is 0 Å². The van der Waals surface area contributed by atoms with Gasteiger partial charge in [-0.3, -0.25) is 20.0 Å². The molecule has 36 heavy (non-hydrogen) atoms. The van der Waals surface area contributed by atoms with Crippen LogP contribution in [0, 0.1) is 6.92 Å². The molecule has 7 heterocycles. The molecule has 7 nitrogen and oxygen atoms in total. The van der Waals surface area contributed by atoms with Gasteiger partial charge >= 0.3 is 0 Å². The lowest BCUT2D eigenvalue weighted by Gasteiger charge is -2.14. The molecule has 1 saturated heterocycles. The SMILES string of the molecule is Cc1ccc(-c2nccc3[nH]c(-c4n[nH]c5ccc(-c6cncc(CN7CCCC7)c6)nc45)cc23)s1. The number of thiophene rings is 1. The molecule has 0 unspecified atom stereocenters. The van der Waals surface area contributed by atoms with Gasteiger partial charge < -0.3 is 4.98 Å². The second-order valence-electron chi connectivity index (χ2n) is 9.44. The highest BCUT2D eigenvalue weighted by molar-refractivity contribution is 7.15. The Morgan fingerprint density at radius 1 is 0.972 bits per heavy atom. The third-order valence-electron chi connectivity index (χ3n) is 6.88. The van der Waals surface area contributed by atoms with Crippen LogP contribution in [0.5, 0.6) is 0 Å². The van der Waals surface area contributed by atoms with Crippen molar-refractivity contribution in [2.24, 2.45) is 0 Å². The van der Waals surface area contributed by atoms with E-state index >= 15 is 0 Å². The van der Waals surface area contributed by atoms with Crippen LogP contribution in [0.4, 0.5) is 0 Å². The van der Waals surface area contributed by atoms with Gasteiger partial charge in [0.05, 0.1) is 27.5 Å². The van der Waals surface area contributed by atoms with Crippen LogP contribution in [-0.2, 0) is 6.54 Å². The van der Waals surface area contributed by atoms with E-state index in [0.29, 0.717) is 0 Å². The first kappa shape index (κ1) is 21.4. The fourth-order valence-electron chi connectivity index (χ4n) is 5.10. The van der Waals surface area contributed by atoms with E-state index in [0.717, 1.165) is 61.7 Å². The van der Waals surface area contributed by atoms with E-state index in [-0.39, 0.29) is 0 Å². The zero-order chi connectivity index (χ0) is 24.1. The van der Waals surface area contributed by atoms with Crippen molar-refractivity contribution in [3.63, 3.8) is 0 Å². The number of fused-ring (bicyclic) bond motifs is 2. The minimum atomic E-state index is 0.803. The Morgan fingerprint density at radius 3 is 2.75 bits per heavy atom. The van der Waals surface area contributed by atoms with Crippen molar-refractivity contribution in [1.29, 1.82) is 0 Å². The summed E-state index contributed by atoms with van der Waals surface area (Å²) in [6, 6.07) is 14.7. The smallest absolute Gasteiger partial charge is 0.135 e. The molecule has 6 aromatic rings. The summed E-state index contributed by atoms with van der Waals surface area (Å²) in [6.45, 7) is 5.39. The summed E-state index contributed by atoms with van der Waals surface area (Å²) < 4.78 is 0. The molecule has 0 bridgehead atoms. The van der Waals surface area contributed by atoms with Gasteiger partial charge in [-0.2, -0.15) is 5.10 Å². The van der Waals surface area contributed by atoms with Crippen LogP contribution < -0.4 is 0 Å². The van der Waals surface area contributed by atoms with Gasteiger partial charge in [-0.25, -0.2) is 4.98 Å². The molecule has 178 valence electrons. The van der Waals surface area contributed by atoms with Crippen molar-refractivity contribution in [3.05, 3.63) is 71.5 Å². The third kappa shape index (κ3) is 3.79. The van der Waals surface area contributed by atoms with Crippen molar-refractivity contribution < 1.29 is 0 Å². The monoisotopic (exact) mass is 491 g/mol. The van der Waals surface area contributed by atoms with Gasteiger partial charge in [0, 0.05) is 46.5 Å². The normalized spacial score (nSPS) is 14.4. The summed E-state index contributed by atoms with van der Waals surface area (Å²) in [7, 11) is 0. The number of H-pyrrole nitrogens is 2. The Bertz CT molecular complexity index is 1700. The Kier molecular flexibility index (Phi) is 5.15. The van der Waals surface area contributed by atoms with Crippen LogP contribution >= 0.6 is 11.3 Å². The summed E-state index contributed by atoms with van der Waals surface area (Å²) in [6.07, 6.45) is 8.29. The Morgan fingerprint density at radius 2 is 1.89 bits per heavy atom. The predicted molar refractivity (Wildman–Crippen MR) is 145 cm³/mol. The fraction of sp³-hybridized carbons (Fsp3) is 0.214. The molecule has 7 rings (SSSR count). The lowest BCUT2D eigenvalue weighted by atomic mass is 10.1. The van der Waals surface area contributed by atoms with Crippen LogP contribution in [-0.4, -0.2) is 48.1 Å². The number of hydrogen-bond donors (Lipinski definition) is 2. The van der Waals surface area contributed by atoms with E-state index in [1.54, 1.807) is 11.3 Å².